The van der Waals surface area contributed by atoms with Gasteiger partial charge >= 0.3 is 0 Å². The molecule has 1 aromatic heterocycles. The molecule has 0 spiro atoms. The summed E-state index contributed by atoms with van der Waals surface area (Å²) in [6.07, 6.45) is 1.09. The molecule has 1 fully saturated rings. The number of nitrogens with one attached hydrogen (secondary N) is 1. The molecule has 0 saturated carbocycles. The smallest absolute Gasteiger partial charge is 0.138 e. The van der Waals surface area contributed by atoms with E-state index in [2.05, 4.69) is 42.9 Å². The Bertz CT molecular complexity index is 469. The maximum absolute atomic E-state index is 9.62. The molecule has 1 saturated heterocycles. The summed E-state index contributed by atoms with van der Waals surface area (Å²) < 4.78 is 0. The third-order valence-electron chi connectivity index (χ3n) is 4.00. The van der Waals surface area contributed by atoms with Gasteiger partial charge in [-0.2, -0.15) is 0 Å². The van der Waals surface area contributed by atoms with Crippen molar-refractivity contribution in [3.8, 4) is 0 Å². The summed E-state index contributed by atoms with van der Waals surface area (Å²) in [5.41, 5.74) is -0.0956. The lowest BCUT2D eigenvalue weighted by Crippen LogP contribution is -2.36. The summed E-state index contributed by atoms with van der Waals surface area (Å²) >= 11 is 0. The van der Waals surface area contributed by atoms with Gasteiger partial charge in [0.25, 0.3) is 0 Å². The molecule has 112 valence electrons. The molecule has 20 heavy (non-hydrogen) atoms. The lowest BCUT2D eigenvalue weighted by molar-refractivity contribution is 0.244. The molecule has 0 amide bonds. The number of hydrogen-bond donors (Lipinski definition) is 2. The molecule has 1 aliphatic rings. The van der Waals surface area contributed by atoms with Crippen molar-refractivity contribution in [3.05, 3.63) is 11.9 Å². The SMILES string of the molecule is CNc1cc(N2CCC(C)C2CO)nc(C(C)(C)C)n1. The number of aliphatic hydroxyl groups excluding tert-OH is 1. The third kappa shape index (κ3) is 2.87. The zero-order valence-corrected chi connectivity index (χ0v) is 13.1. The lowest BCUT2D eigenvalue weighted by Gasteiger charge is -2.28. The maximum atomic E-state index is 9.62. The van der Waals surface area contributed by atoms with Gasteiger partial charge in [-0.25, -0.2) is 9.97 Å². The van der Waals surface area contributed by atoms with E-state index in [4.69, 9.17) is 4.98 Å². The lowest BCUT2D eigenvalue weighted by atomic mass is 9.95. The van der Waals surface area contributed by atoms with Crippen molar-refractivity contribution in [1.82, 2.24) is 9.97 Å². The van der Waals surface area contributed by atoms with Gasteiger partial charge in [-0.1, -0.05) is 27.7 Å². The summed E-state index contributed by atoms with van der Waals surface area (Å²) in [7, 11) is 1.87. The van der Waals surface area contributed by atoms with E-state index in [0.29, 0.717) is 5.92 Å². The maximum Gasteiger partial charge on any atom is 0.138 e. The molecule has 2 rings (SSSR count). The van der Waals surface area contributed by atoms with Crippen molar-refractivity contribution in [3.63, 3.8) is 0 Å². The molecule has 0 radical (unpaired) electrons. The Kier molecular flexibility index (Phi) is 4.18. The third-order valence-corrected chi connectivity index (χ3v) is 4.00. The van der Waals surface area contributed by atoms with Gasteiger partial charge in [0.15, 0.2) is 0 Å². The second-order valence-electron chi connectivity index (χ2n) is 6.64. The number of aliphatic hydroxyl groups is 1. The van der Waals surface area contributed by atoms with Crippen molar-refractivity contribution >= 4 is 11.6 Å². The van der Waals surface area contributed by atoms with Crippen molar-refractivity contribution < 1.29 is 5.11 Å². The van der Waals surface area contributed by atoms with Crippen LogP contribution in [0.25, 0.3) is 0 Å². The Balaban J connectivity index is 2.41. The van der Waals surface area contributed by atoms with Crippen LogP contribution in [-0.2, 0) is 5.41 Å². The molecule has 2 unspecified atom stereocenters. The Morgan fingerprint density at radius 1 is 1.40 bits per heavy atom. The van der Waals surface area contributed by atoms with Gasteiger partial charge in [0.2, 0.25) is 0 Å². The first-order valence-electron chi connectivity index (χ1n) is 7.31. The quantitative estimate of drug-likeness (QED) is 0.886. The monoisotopic (exact) mass is 278 g/mol. The van der Waals surface area contributed by atoms with Gasteiger partial charge in [-0.05, 0) is 12.3 Å². The zero-order valence-electron chi connectivity index (χ0n) is 13.1. The van der Waals surface area contributed by atoms with Crippen LogP contribution in [0.3, 0.4) is 0 Å². The van der Waals surface area contributed by atoms with Crippen LogP contribution in [0.5, 0.6) is 0 Å². The van der Waals surface area contributed by atoms with Gasteiger partial charge in [-0.3, -0.25) is 0 Å². The molecule has 5 nitrogen and oxygen atoms in total. The highest BCUT2D eigenvalue weighted by atomic mass is 16.3. The van der Waals surface area contributed by atoms with E-state index in [9.17, 15) is 5.11 Å². The predicted molar refractivity (Wildman–Crippen MR) is 82.3 cm³/mol. The van der Waals surface area contributed by atoms with E-state index < -0.39 is 0 Å². The Morgan fingerprint density at radius 3 is 2.65 bits per heavy atom. The van der Waals surface area contributed by atoms with E-state index in [0.717, 1.165) is 30.4 Å². The van der Waals surface area contributed by atoms with Crippen LogP contribution in [0.2, 0.25) is 0 Å². The predicted octanol–water partition coefficient (Wildman–Crippen LogP) is 2.02. The molecular weight excluding hydrogens is 252 g/mol. The zero-order chi connectivity index (χ0) is 14.9. The number of nitrogens with zero attached hydrogens (tertiary/aromatic N) is 3. The summed E-state index contributed by atoms with van der Waals surface area (Å²) in [5, 5.41) is 12.7. The standard InChI is InChI=1S/C15H26N4O/c1-10-6-7-19(11(10)9-20)13-8-12(16-5)17-14(18-13)15(2,3)4/h8,10-11,20H,6-7,9H2,1-5H3,(H,16,17,18). The van der Waals surface area contributed by atoms with E-state index in [-0.39, 0.29) is 18.1 Å². The molecule has 2 atom stereocenters. The molecule has 5 heteroatoms. The van der Waals surface area contributed by atoms with E-state index in [1.165, 1.54) is 0 Å². The number of anilines is 2. The number of rotatable bonds is 3. The van der Waals surface area contributed by atoms with Crippen molar-refractivity contribution in [2.24, 2.45) is 5.92 Å². The van der Waals surface area contributed by atoms with E-state index >= 15 is 0 Å². The Labute approximate surface area is 121 Å². The van der Waals surface area contributed by atoms with E-state index in [1.807, 2.05) is 13.1 Å². The minimum atomic E-state index is -0.0956. The van der Waals surface area contributed by atoms with Crippen molar-refractivity contribution in [2.45, 2.75) is 45.6 Å². The van der Waals surface area contributed by atoms with Crippen molar-refractivity contribution in [2.75, 3.05) is 30.4 Å². The first-order valence-corrected chi connectivity index (χ1v) is 7.31. The molecule has 0 bridgehead atoms. The van der Waals surface area contributed by atoms with Crippen LogP contribution in [0, 0.1) is 5.92 Å². The fourth-order valence-corrected chi connectivity index (χ4v) is 2.62. The number of hydrogen-bond acceptors (Lipinski definition) is 5. The van der Waals surface area contributed by atoms with E-state index in [1.54, 1.807) is 0 Å². The van der Waals surface area contributed by atoms with Crippen LogP contribution in [0.4, 0.5) is 11.6 Å². The topological polar surface area (TPSA) is 61.3 Å². The molecule has 0 aromatic carbocycles. The van der Waals surface area contributed by atoms with Crippen LogP contribution >= 0.6 is 0 Å². The Hall–Kier alpha value is -1.36. The average molecular weight is 278 g/mol. The molecule has 0 aliphatic carbocycles. The summed E-state index contributed by atoms with van der Waals surface area (Å²) in [6, 6.07) is 2.12. The van der Waals surface area contributed by atoms with Crippen molar-refractivity contribution in [1.29, 1.82) is 0 Å². The van der Waals surface area contributed by atoms with Crippen LogP contribution in [0.15, 0.2) is 6.07 Å². The molecule has 1 aliphatic heterocycles. The second kappa shape index (κ2) is 5.56. The minimum absolute atomic E-state index is 0.0956. The summed E-state index contributed by atoms with van der Waals surface area (Å²) in [5.74, 6) is 3.07. The molecular formula is C15H26N4O. The normalized spacial score (nSPS) is 23.2. The first kappa shape index (κ1) is 15.0. The first-order chi connectivity index (χ1) is 9.36. The molecule has 1 aromatic rings. The molecule has 2 N–H and O–H groups in total. The van der Waals surface area contributed by atoms with Gasteiger partial charge in [0, 0.05) is 25.1 Å². The van der Waals surface area contributed by atoms with Gasteiger partial charge in [-0.15, -0.1) is 0 Å². The van der Waals surface area contributed by atoms with Gasteiger partial charge in [0.1, 0.15) is 17.5 Å². The highest BCUT2D eigenvalue weighted by molar-refractivity contribution is 5.51. The average Bonchev–Trinajstić information content (AvgIpc) is 2.78. The van der Waals surface area contributed by atoms with Crippen LogP contribution < -0.4 is 10.2 Å². The second-order valence-corrected chi connectivity index (χ2v) is 6.64. The van der Waals surface area contributed by atoms with Gasteiger partial charge < -0.3 is 15.3 Å². The summed E-state index contributed by atoms with van der Waals surface area (Å²) in [4.78, 5) is 11.5. The Morgan fingerprint density at radius 2 is 2.10 bits per heavy atom. The number of aromatic nitrogens is 2. The molecule has 2 heterocycles. The minimum Gasteiger partial charge on any atom is -0.394 e. The van der Waals surface area contributed by atoms with Crippen LogP contribution in [0.1, 0.15) is 39.9 Å². The largest absolute Gasteiger partial charge is 0.394 e. The van der Waals surface area contributed by atoms with Gasteiger partial charge in [0.05, 0.1) is 12.6 Å². The fourth-order valence-electron chi connectivity index (χ4n) is 2.62. The highest BCUT2D eigenvalue weighted by Gasteiger charge is 2.32. The summed E-state index contributed by atoms with van der Waals surface area (Å²) in [6.45, 7) is 9.64. The van der Waals surface area contributed by atoms with Crippen LogP contribution in [-0.4, -0.2) is 41.3 Å². The highest BCUT2D eigenvalue weighted by Crippen LogP contribution is 2.31. The fraction of sp³-hybridized carbons (Fsp3) is 0.733.